The summed E-state index contributed by atoms with van der Waals surface area (Å²) in [5.74, 6) is -0.517. The zero-order valence-electron chi connectivity index (χ0n) is 14.3. The third-order valence-electron chi connectivity index (χ3n) is 3.42. The Balaban J connectivity index is 2.40. The summed E-state index contributed by atoms with van der Waals surface area (Å²) in [6, 6.07) is 9.93. The molecule has 5 heteroatoms. The fraction of sp³-hybridized carbons (Fsp3) is 0.250. The maximum atomic E-state index is 13.3. The van der Waals surface area contributed by atoms with Crippen LogP contribution in [-0.4, -0.2) is 11.6 Å². The molecule has 0 N–H and O–H groups in total. The summed E-state index contributed by atoms with van der Waals surface area (Å²) in [6.07, 6.45) is -3.12. The molecule has 0 atom stereocenters. The Morgan fingerprint density at radius 1 is 1.04 bits per heavy atom. The van der Waals surface area contributed by atoms with Crippen molar-refractivity contribution in [1.29, 1.82) is 0 Å². The molecule has 0 unspecified atom stereocenters. The number of halogens is 3. The lowest BCUT2D eigenvalue weighted by Crippen LogP contribution is -2.23. The van der Waals surface area contributed by atoms with Gasteiger partial charge >= 0.3 is 12.1 Å². The second-order valence-corrected chi connectivity index (χ2v) is 6.59. The lowest BCUT2D eigenvalue weighted by atomic mass is 9.96. The number of carbonyl (C=O) groups excluding carboxylic acids is 1. The van der Waals surface area contributed by atoms with Crippen molar-refractivity contribution in [2.24, 2.45) is 0 Å². The van der Waals surface area contributed by atoms with Crippen LogP contribution in [0.4, 0.5) is 13.2 Å². The van der Waals surface area contributed by atoms with Crippen LogP contribution < -0.4 is 0 Å². The van der Waals surface area contributed by atoms with E-state index < -0.39 is 23.3 Å². The number of carbonyl (C=O) groups is 1. The quantitative estimate of drug-likeness (QED) is 0.639. The summed E-state index contributed by atoms with van der Waals surface area (Å²) in [6.45, 7) is 8.74. The molecular formula is C20H19F3O2. The minimum absolute atomic E-state index is 0.0499. The van der Waals surface area contributed by atoms with Crippen LogP contribution in [0, 0.1) is 0 Å². The van der Waals surface area contributed by atoms with E-state index in [4.69, 9.17) is 4.74 Å². The molecule has 0 spiro atoms. The van der Waals surface area contributed by atoms with Gasteiger partial charge in [0.05, 0.1) is 11.1 Å². The van der Waals surface area contributed by atoms with Crippen LogP contribution in [0.1, 0.15) is 42.3 Å². The van der Waals surface area contributed by atoms with Crippen LogP contribution in [0.3, 0.4) is 0 Å². The lowest BCUT2D eigenvalue weighted by molar-refractivity contribution is -0.137. The van der Waals surface area contributed by atoms with E-state index >= 15 is 0 Å². The predicted molar refractivity (Wildman–Crippen MR) is 92.1 cm³/mol. The van der Waals surface area contributed by atoms with Crippen molar-refractivity contribution in [3.05, 3.63) is 65.7 Å². The minimum Gasteiger partial charge on any atom is -0.456 e. The van der Waals surface area contributed by atoms with Crippen molar-refractivity contribution in [2.45, 2.75) is 32.5 Å². The third kappa shape index (κ3) is 4.72. The Morgan fingerprint density at radius 2 is 1.64 bits per heavy atom. The smallest absolute Gasteiger partial charge is 0.417 e. The SMILES string of the molecule is C=Cc1ccc(-c2ccc(C(=O)OC(C)(C)C)cc2)c(C(F)(F)F)c1. The van der Waals surface area contributed by atoms with E-state index in [2.05, 4.69) is 6.58 Å². The molecular weight excluding hydrogens is 329 g/mol. The van der Waals surface area contributed by atoms with Crippen LogP contribution in [0.25, 0.3) is 17.2 Å². The molecule has 2 aromatic carbocycles. The van der Waals surface area contributed by atoms with Crippen LogP contribution >= 0.6 is 0 Å². The van der Waals surface area contributed by atoms with Gasteiger partial charge in [0.25, 0.3) is 0 Å². The Bertz CT molecular complexity index is 782. The molecule has 25 heavy (non-hydrogen) atoms. The Labute approximate surface area is 144 Å². The Morgan fingerprint density at radius 3 is 2.12 bits per heavy atom. The number of esters is 1. The molecule has 2 rings (SSSR count). The van der Waals surface area contributed by atoms with E-state index in [0.29, 0.717) is 11.1 Å². The normalized spacial score (nSPS) is 11.9. The summed E-state index contributed by atoms with van der Waals surface area (Å²) in [7, 11) is 0. The lowest BCUT2D eigenvalue weighted by Gasteiger charge is -2.19. The number of hydrogen-bond donors (Lipinski definition) is 0. The van der Waals surface area contributed by atoms with Gasteiger partial charge in [0, 0.05) is 0 Å². The first kappa shape index (κ1) is 18.8. The van der Waals surface area contributed by atoms with Crippen LogP contribution in [0.2, 0.25) is 0 Å². The van der Waals surface area contributed by atoms with Gasteiger partial charge in [-0.3, -0.25) is 0 Å². The van der Waals surface area contributed by atoms with E-state index in [-0.39, 0.29) is 11.1 Å². The van der Waals surface area contributed by atoms with Gasteiger partial charge in [-0.25, -0.2) is 4.79 Å². The maximum absolute atomic E-state index is 13.3. The number of benzene rings is 2. The van der Waals surface area contributed by atoms with Gasteiger partial charge < -0.3 is 4.74 Å². The molecule has 0 radical (unpaired) electrons. The highest BCUT2D eigenvalue weighted by atomic mass is 19.4. The van der Waals surface area contributed by atoms with Gasteiger partial charge in [0.1, 0.15) is 5.60 Å². The van der Waals surface area contributed by atoms with Crippen LogP contribution in [-0.2, 0) is 10.9 Å². The highest BCUT2D eigenvalue weighted by Gasteiger charge is 2.33. The highest BCUT2D eigenvalue weighted by Crippen LogP contribution is 2.38. The highest BCUT2D eigenvalue weighted by molar-refractivity contribution is 5.90. The van der Waals surface area contributed by atoms with Crippen molar-refractivity contribution in [2.75, 3.05) is 0 Å². The van der Waals surface area contributed by atoms with Gasteiger partial charge in [-0.2, -0.15) is 13.2 Å². The van der Waals surface area contributed by atoms with E-state index in [0.717, 1.165) is 6.07 Å². The fourth-order valence-corrected chi connectivity index (χ4v) is 2.30. The van der Waals surface area contributed by atoms with Crippen molar-refractivity contribution in [3.63, 3.8) is 0 Å². The number of alkyl halides is 3. The van der Waals surface area contributed by atoms with E-state index in [1.54, 1.807) is 26.8 Å². The predicted octanol–water partition coefficient (Wildman–Crippen LogP) is 5.97. The largest absolute Gasteiger partial charge is 0.456 e. The van der Waals surface area contributed by atoms with E-state index in [1.165, 1.54) is 36.4 Å². The van der Waals surface area contributed by atoms with Gasteiger partial charge in [0.2, 0.25) is 0 Å². The molecule has 0 aliphatic heterocycles. The molecule has 0 fully saturated rings. The van der Waals surface area contributed by atoms with Crippen molar-refractivity contribution < 1.29 is 22.7 Å². The van der Waals surface area contributed by atoms with Crippen molar-refractivity contribution in [3.8, 4) is 11.1 Å². The summed E-state index contributed by atoms with van der Waals surface area (Å²) in [5.41, 5.74) is -0.282. The molecule has 0 saturated heterocycles. The topological polar surface area (TPSA) is 26.3 Å². The zero-order chi connectivity index (χ0) is 18.8. The standard InChI is InChI=1S/C20H19F3O2/c1-5-13-6-11-16(17(12-13)20(21,22)23)14-7-9-15(10-8-14)18(24)25-19(2,3)4/h5-12H,1H2,2-4H3. The number of hydrogen-bond acceptors (Lipinski definition) is 2. The second-order valence-electron chi connectivity index (χ2n) is 6.59. The van der Waals surface area contributed by atoms with Crippen LogP contribution in [0.15, 0.2) is 49.0 Å². The van der Waals surface area contributed by atoms with Gasteiger partial charge in [0.15, 0.2) is 0 Å². The van der Waals surface area contributed by atoms with Gasteiger partial charge in [-0.15, -0.1) is 0 Å². The Kier molecular flexibility index (Phi) is 5.07. The molecule has 0 aromatic heterocycles. The molecule has 0 aliphatic rings. The molecule has 2 nitrogen and oxygen atoms in total. The zero-order valence-corrected chi connectivity index (χ0v) is 14.3. The minimum atomic E-state index is -4.49. The summed E-state index contributed by atoms with van der Waals surface area (Å²) in [5, 5.41) is 0. The summed E-state index contributed by atoms with van der Waals surface area (Å²) in [4.78, 5) is 12.0. The fourth-order valence-electron chi connectivity index (χ4n) is 2.30. The van der Waals surface area contributed by atoms with Gasteiger partial charge in [-0.1, -0.05) is 36.9 Å². The third-order valence-corrected chi connectivity index (χ3v) is 3.42. The number of rotatable bonds is 3. The van der Waals surface area contributed by atoms with E-state index in [1.807, 2.05) is 0 Å². The summed E-state index contributed by atoms with van der Waals surface area (Å²) < 4.78 is 45.3. The van der Waals surface area contributed by atoms with Crippen molar-refractivity contribution >= 4 is 12.0 Å². The van der Waals surface area contributed by atoms with E-state index in [9.17, 15) is 18.0 Å². The second kappa shape index (κ2) is 6.75. The molecule has 0 aliphatic carbocycles. The monoisotopic (exact) mass is 348 g/mol. The first-order chi connectivity index (χ1) is 11.5. The molecule has 0 amide bonds. The molecule has 0 saturated carbocycles. The molecule has 0 bridgehead atoms. The molecule has 2 aromatic rings. The average Bonchev–Trinajstić information content (AvgIpc) is 2.52. The maximum Gasteiger partial charge on any atom is 0.417 e. The van der Waals surface area contributed by atoms with Crippen molar-refractivity contribution in [1.82, 2.24) is 0 Å². The molecule has 132 valence electrons. The summed E-state index contributed by atoms with van der Waals surface area (Å²) >= 11 is 0. The van der Waals surface area contributed by atoms with Crippen LogP contribution in [0.5, 0.6) is 0 Å². The Hall–Kier alpha value is -2.56. The number of ether oxygens (including phenoxy) is 1. The van der Waals surface area contributed by atoms with Gasteiger partial charge in [-0.05, 0) is 55.7 Å². The first-order valence-electron chi connectivity index (χ1n) is 7.69. The first-order valence-corrected chi connectivity index (χ1v) is 7.69. The molecule has 0 heterocycles. The average molecular weight is 348 g/mol.